The number of rotatable bonds is 5. The largest absolute Gasteiger partial charge is 0.481 e. The molecule has 0 rings (SSSR count). The molecule has 1 atom stereocenters. The van der Waals surface area contributed by atoms with E-state index in [2.05, 4.69) is 0 Å². The number of carbonyl (C=O) groups excluding carboxylic acids is 1. The first-order valence-corrected chi connectivity index (χ1v) is 4.18. The Bertz CT molecular complexity index is 159. The smallest absolute Gasteiger partial charge is 0.314 e. The zero-order chi connectivity index (χ0) is 9.72. The number of carbonyl (C=O) groups is 2. The monoisotopic (exact) mass is 172 g/mol. The normalized spacial score (nSPS) is 13.0. The van der Waals surface area contributed by atoms with Crippen LogP contribution < -0.4 is 0 Å². The van der Waals surface area contributed by atoms with Crippen molar-refractivity contribution in [1.82, 2.24) is 0 Å². The fraction of sp³-hybridized carbons (Fsp3) is 0.778. The van der Waals surface area contributed by atoms with Crippen molar-refractivity contribution in [2.24, 2.45) is 11.8 Å². The summed E-state index contributed by atoms with van der Waals surface area (Å²) in [6, 6.07) is 0. The fourth-order valence-electron chi connectivity index (χ4n) is 1.00. The van der Waals surface area contributed by atoms with Gasteiger partial charge in [0.25, 0.3) is 0 Å². The third-order valence-electron chi connectivity index (χ3n) is 1.82. The predicted molar refractivity (Wildman–Crippen MR) is 45.9 cm³/mol. The number of carboxylic acids is 1. The molecule has 0 bridgehead atoms. The molecule has 0 spiro atoms. The van der Waals surface area contributed by atoms with Crippen LogP contribution in [0.5, 0.6) is 0 Å². The van der Waals surface area contributed by atoms with Crippen molar-refractivity contribution in [2.75, 3.05) is 0 Å². The van der Waals surface area contributed by atoms with E-state index in [1.54, 1.807) is 0 Å². The highest BCUT2D eigenvalue weighted by molar-refractivity contribution is 5.96. The highest BCUT2D eigenvalue weighted by Gasteiger charge is 2.21. The lowest BCUT2D eigenvalue weighted by Gasteiger charge is -2.09. The molecule has 70 valence electrons. The molecule has 0 aliphatic carbocycles. The third-order valence-corrected chi connectivity index (χ3v) is 1.82. The second kappa shape index (κ2) is 4.91. The molecular formula is C9H16O3. The molecule has 3 nitrogen and oxygen atoms in total. The van der Waals surface area contributed by atoms with Crippen molar-refractivity contribution < 1.29 is 14.7 Å². The van der Waals surface area contributed by atoms with Crippen LogP contribution in [0.2, 0.25) is 0 Å². The second-order valence-electron chi connectivity index (χ2n) is 3.47. The summed E-state index contributed by atoms with van der Waals surface area (Å²) in [5.41, 5.74) is 0. The summed E-state index contributed by atoms with van der Waals surface area (Å²) in [7, 11) is 0. The van der Waals surface area contributed by atoms with E-state index in [4.69, 9.17) is 5.11 Å². The van der Waals surface area contributed by atoms with Crippen molar-refractivity contribution in [3.63, 3.8) is 0 Å². The molecule has 1 N–H and O–H groups in total. The van der Waals surface area contributed by atoms with E-state index >= 15 is 0 Å². The van der Waals surface area contributed by atoms with E-state index < -0.39 is 11.9 Å². The highest BCUT2D eigenvalue weighted by Crippen LogP contribution is 2.13. The Morgan fingerprint density at radius 1 is 1.25 bits per heavy atom. The van der Waals surface area contributed by atoms with Gasteiger partial charge in [-0.15, -0.1) is 0 Å². The Morgan fingerprint density at radius 2 is 1.75 bits per heavy atom. The Hall–Kier alpha value is -0.860. The molecule has 0 radical (unpaired) electrons. The van der Waals surface area contributed by atoms with Gasteiger partial charge in [-0.1, -0.05) is 13.8 Å². The van der Waals surface area contributed by atoms with E-state index in [0.717, 1.165) is 6.42 Å². The van der Waals surface area contributed by atoms with Crippen LogP contribution in [0.3, 0.4) is 0 Å². The summed E-state index contributed by atoms with van der Waals surface area (Å²) >= 11 is 0. The van der Waals surface area contributed by atoms with Gasteiger partial charge in [0.1, 0.15) is 11.7 Å². The Kier molecular flexibility index (Phi) is 4.55. The van der Waals surface area contributed by atoms with E-state index in [1.807, 2.05) is 13.8 Å². The maximum atomic E-state index is 10.8. The molecule has 0 aliphatic heterocycles. The van der Waals surface area contributed by atoms with Crippen LogP contribution in [0.1, 0.15) is 33.6 Å². The summed E-state index contributed by atoms with van der Waals surface area (Å²) in [6.45, 7) is 5.36. The molecule has 0 heterocycles. The first-order valence-electron chi connectivity index (χ1n) is 4.18. The van der Waals surface area contributed by atoms with Crippen molar-refractivity contribution in [3.05, 3.63) is 0 Å². The van der Waals surface area contributed by atoms with E-state index in [-0.39, 0.29) is 5.78 Å². The molecule has 3 heteroatoms. The molecular weight excluding hydrogens is 156 g/mol. The maximum Gasteiger partial charge on any atom is 0.314 e. The molecule has 0 unspecified atom stereocenters. The van der Waals surface area contributed by atoms with Gasteiger partial charge >= 0.3 is 5.97 Å². The molecule has 0 saturated heterocycles. The zero-order valence-corrected chi connectivity index (χ0v) is 7.83. The summed E-state index contributed by atoms with van der Waals surface area (Å²) in [5, 5.41) is 8.64. The average molecular weight is 172 g/mol. The van der Waals surface area contributed by atoms with Crippen molar-refractivity contribution in [1.29, 1.82) is 0 Å². The van der Waals surface area contributed by atoms with Crippen LogP contribution in [-0.2, 0) is 9.59 Å². The molecule has 0 saturated carbocycles. The Labute approximate surface area is 72.8 Å². The van der Waals surface area contributed by atoms with Gasteiger partial charge in [0.15, 0.2) is 0 Å². The van der Waals surface area contributed by atoms with Gasteiger partial charge in [-0.3, -0.25) is 9.59 Å². The number of aliphatic carboxylic acids is 1. The predicted octanol–water partition coefficient (Wildman–Crippen LogP) is 1.71. The number of ketones is 1. The molecule has 0 aromatic heterocycles. The lowest BCUT2D eigenvalue weighted by Crippen LogP contribution is -2.21. The summed E-state index contributed by atoms with van der Waals surface area (Å²) < 4.78 is 0. The minimum Gasteiger partial charge on any atom is -0.481 e. The van der Waals surface area contributed by atoms with Crippen LogP contribution >= 0.6 is 0 Å². The number of carboxylic acid groups (broad SMARTS) is 1. The van der Waals surface area contributed by atoms with Crippen molar-refractivity contribution >= 4 is 11.8 Å². The topological polar surface area (TPSA) is 54.4 Å². The van der Waals surface area contributed by atoms with Crippen molar-refractivity contribution in [3.8, 4) is 0 Å². The molecule has 0 aliphatic rings. The van der Waals surface area contributed by atoms with Gasteiger partial charge < -0.3 is 5.11 Å². The fourth-order valence-corrected chi connectivity index (χ4v) is 1.00. The lowest BCUT2D eigenvalue weighted by molar-refractivity contribution is -0.146. The number of hydrogen-bond acceptors (Lipinski definition) is 2. The molecule has 0 aromatic rings. The Balaban J connectivity index is 3.97. The minimum atomic E-state index is -0.997. The third kappa shape index (κ3) is 4.11. The number of hydrogen-bond donors (Lipinski definition) is 1. The first-order chi connectivity index (χ1) is 5.45. The quantitative estimate of drug-likeness (QED) is 0.642. The Morgan fingerprint density at radius 3 is 2.00 bits per heavy atom. The standard InChI is InChI=1S/C9H16O3/c1-6(2)4-5-8(7(3)10)9(11)12/h6,8H,4-5H2,1-3H3,(H,11,12)/t8-/m0/s1. The minimum absolute atomic E-state index is 0.247. The van der Waals surface area contributed by atoms with Crippen LogP contribution in [-0.4, -0.2) is 16.9 Å². The van der Waals surface area contributed by atoms with E-state index in [1.165, 1.54) is 6.92 Å². The highest BCUT2D eigenvalue weighted by atomic mass is 16.4. The first kappa shape index (κ1) is 11.1. The van der Waals surface area contributed by atoms with Crippen LogP contribution in [0.25, 0.3) is 0 Å². The molecule has 12 heavy (non-hydrogen) atoms. The maximum absolute atomic E-state index is 10.8. The second-order valence-corrected chi connectivity index (χ2v) is 3.47. The van der Waals surface area contributed by atoms with Crippen LogP contribution in [0.4, 0.5) is 0 Å². The van der Waals surface area contributed by atoms with Crippen LogP contribution in [0, 0.1) is 11.8 Å². The number of Topliss-reactive ketones (excluding diaryl/α,β-unsaturated/α-hetero) is 1. The van der Waals surface area contributed by atoms with Gasteiger partial charge in [-0.25, -0.2) is 0 Å². The SMILES string of the molecule is CC(=O)[C@H](CCC(C)C)C(=O)O. The van der Waals surface area contributed by atoms with Crippen LogP contribution in [0.15, 0.2) is 0 Å². The van der Waals surface area contributed by atoms with Gasteiger partial charge in [0.2, 0.25) is 0 Å². The van der Waals surface area contributed by atoms with E-state index in [9.17, 15) is 9.59 Å². The van der Waals surface area contributed by atoms with Gasteiger partial charge in [0.05, 0.1) is 0 Å². The summed E-state index contributed by atoms with van der Waals surface area (Å²) in [6.07, 6.45) is 1.25. The summed E-state index contributed by atoms with van der Waals surface area (Å²) in [4.78, 5) is 21.3. The zero-order valence-electron chi connectivity index (χ0n) is 7.83. The summed E-state index contributed by atoms with van der Waals surface area (Å²) in [5.74, 6) is -1.59. The molecule has 0 aromatic carbocycles. The average Bonchev–Trinajstić information content (AvgIpc) is 1.84. The van der Waals surface area contributed by atoms with E-state index in [0.29, 0.717) is 12.3 Å². The van der Waals surface area contributed by atoms with Gasteiger partial charge in [0, 0.05) is 0 Å². The van der Waals surface area contributed by atoms with Gasteiger partial charge in [-0.05, 0) is 25.7 Å². The molecule has 0 amide bonds. The lowest BCUT2D eigenvalue weighted by atomic mass is 9.95. The van der Waals surface area contributed by atoms with Crippen molar-refractivity contribution in [2.45, 2.75) is 33.6 Å². The van der Waals surface area contributed by atoms with Gasteiger partial charge in [-0.2, -0.15) is 0 Å². The molecule has 0 fully saturated rings.